The Labute approximate surface area is 142 Å². The van der Waals surface area contributed by atoms with Crippen LogP contribution in [0.3, 0.4) is 0 Å². The second kappa shape index (κ2) is 8.82. The third-order valence-electron chi connectivity index (χ3n) is 3.59. The number of hydrogen-bond acceptors (Lipinski definition) is 4. The van der Waals surface area contributed by atoms with E-state index < -0.39 is 0 Å². The zero-order chi connectivity index (χ0) is 17.4. The number of carbonyl (C=O) groups is 2. The Morgan fingerprint density at radius 2 is 1.92 bits per heavy atom. The van der Waals surface area contributed by atoms with Crippen molar-refractivity contribution in [2.75, 3.05) is 18.1 Å². The summed E-state index contributed by atoms with van der Waals surface area (Å²) in [5.74, 6) is 0. The van der Waals surface area contributed by atoms with Crippen molar-refractivity contribution < 1.29 is 14.3 Å². The molecule has 0 fully saturated rings. The highest BCUT2D eigenvalue weighted by Crippen LogP contribution is 2.23. The second-order valence-corrected chi connectivity index (χ2v) is 5.32. The summed E-state index contributed by atoms with van der Waals surface area (Å²) in [6, 6.07) is 12.8. The van der Waals surface area contributed by atoms with Gasteiger partial charge in [-0.3, -0.25) is 9.69 Å². The van der Waals surface area contributed by atoms with Crippen molar-refractivity contribution in [1.29, 1.82) is 0 Å². The molecular formula is C19H22N2O3. The van der Waals surface area contributed by atoms with Gasteiger partial charge in [-0.2, -0.15) is 0 Å². The van der Waals surface area contributed by atoms with Gasteiger partial charge in [0.25, 0.3) is 0 Å². The van der Waals surface area contributed by atoms with Crippen LogP contribution in [0.2, 0.25) is 0 Å². The van der Waals surface area contributed by atoms with E-state index in [-0.39, 0.29) is 6.09 Å². The lowest BCUT2D eigenvalue weighted by molar-refractivity contribution is 0.111. The minimum Gasteiger partial charge on any atom is -0.449 e. The zero-order valence-electron chi connectivity index (χ0n) is 14.1. The van der Waals surface area contributed by atoms with E-state index in [1.54, 1.807) is 24.0 Å². The van der Waals surface area contributed by atoms with Crippen LogP contribution < -0.4 is 4.90 Å². The van der Waals surface area contributed by atoms with Crippen LogP contribution >= 0.6 is 0 Å². The Bertz CT molecular complexity index is 683. The van der Waals surface area contributed by atoms with Gasteiger partial charge < -0.3 is 4.74 Å². The van der Waals surface area contributed by atoms with Gasteiger partial charge >= 0.3 is 6.09 Å². The highest BCUT2D eigenvalue weighted by atomic mass is 16.6. The van der Waals surface area contributed by atoms with Crippen molar-refractivity contribution in [2.24, 2.45) is 0 Å². The Morgan fingerprint density at radius 3 is 2.54 bits per heavy atom. The van der Waals surface area contributed by atoms with Crippen LogP contribution in [0, 0.1) is 0 Å². The molecule has 126 valence electrons. The summed E-state index contributed by atoms with van der Waals surface area (Å²) in [4.78, 5) is 28.9. The molecule has 0 saturated carbocycles. The van der Waals surface area contributed by atoms with Crippen LogP contribution in [0.15, 0.2) is 42.5 Å². The van der Waals surface area contributed by atoms with Gasteiger partial charge in [-0.1, -0.05) is 31.5 Å². The smallest absolute Gasteiger partial charge is 0.414 e. The Balaban J connectivity index is 2.24. The summed E-state index contributed by atoms with van der Waals surface area (Å²) >= 11 is 0. The largest absolute Gasteiger partial charge is 0.449 e. The Hall–Kier alpha value is -2.69. The molecule has 5 heteroatoms. The molecule has 0 atom stereocenters. The Morgan fingerprint density at radius 1 is 1.17 bits per heavy atom. The fraction of sp³-hybridized carbons (Fsp3) is 0.316. The van der Waals surface area contributed by atoms with Crippen molar-refractivity contribution in [1.82, 2.24) is 4.98 Å². The monoisotopic (exact) mass is 326 g/mol. The molecule has 0 saturated heterocycles. The van der Waals surface area contributed by atoms with Crippen molar-refractivity contribution in [2.45, 2.75) is 26.7 Å². The van der Waals surface area contributed by atoms with Gasteiger partial charge in [-0.15, -0.1) is 0 Å². The predicted molar refractivity (Wildman–Crippen MR) is 94.3 cm³/mol. The maximum atomic E-state index is 12.1. The molecule has 1 amide bonds. The quantitative estimate of drug-likeness (QED) is 0.711. The molecule has 0 spiro atoms. The average Bonchev–Trinajstić information content (AvgIpc) is 2.63. The molecule has 24 heavy (non-hydrogen) atoms. The highest BCUT2D eigenvalue weighted by Gasteiger charge is 2.16. The minimum atomic E-state index is -0.334. The van der Waals surface area contributed by atoms with Gasteiger partial charge in [-0.25, -0.2) is 9.78 Å². The summed E-state index contributed by atoms with van der Waals surface area (Å²) in [7, 11) is 0. The van der Waals surface area contributed by atoms with E-state index in [0.717, 1.165) is 36.1 Å². The molecule has 0 aliphatic rings. The number of rotatable bonds is 7. The number of pyridine rings is 1. The molecule has 2 aromatic rings. The summed E-state index contributed by atoms with van der Waals surface area (Å²) in [6.07, 6.45) is 2.30. The second-order valence-electron chi connectivity index (χ2n) is 5.32. The van der Waals surface area contributed by atoms with Crippen LogP contribution in [0.1, 0.15) is 37.2 Å². The summed E-state index contributed by atoms with van der Waals surface area (Å²) in [5, 5.41) is 0. The molecule has 0 aliphatic carbocycles. The first-order valence-electron chi connectivity index (χ1n) is 8.16. The van der Waals surface area contributed by atoms with Crippen LogP contribution in [-0.4, -0.2) is 30.5 Å². The van der Waals surface area contributed by atoms with Crippen LogP contribution in [-0.2, 0) is 4.74 Å². The number of anilines is 1. The van der Waals surface area contributed by atoms with E-state index in [2.05, 4.69) is 11.9 Å². The summed E-state index contributed by atoms with van der Waals surface area (Å²) < 4.78 is 5.14. The van der Waals surface area contributed by atoms with Crippen molar-refractivity contribution in [3.8, 4) is 11.3 Å². The maximum absolute atomic E-state index is 12.1. The van der Waals surface area contributed by atoms with Crippen molar-refractivity contribution in [3.05, 3.63) is 48.2 Å². The van der Waals surface area contributed by atoms with E-state index in [0.29, 0.717) is 18.8 Å². The van der Waals surface area contributed by atoms with E-state index in [4.69, 9.17) is 4.74 Å². The third-order valence-corrected chi connectivity index (χ3v) is 3.59. The first-order valence-corrected chi connectivity index (χ1v) is 8.16. The number of aldehydes is 1. The normalized spacial score (nSPS) is 10.2. The van der Waals surface area contributed by atoms with Gasteiger partial charge in [0.05, 0.1) is 12.3 Å². The standard InChI is InChI=1S/C19H22N2O3/c1-3-5-13-21(19(23)24-4-2)17-11-9-15(10-12-17)18-8-6-7-16(14-22)20-18/h6-12,14H,3-5,13H2,1-2H3. The first kappa shape index (κ1) is 17.7. The number of amides is 1. The number of benzene rings is 1. The van der Waals surface area contributed by atoms with E-state index in [1.807, 2.05) is 30.3 Å². The lowest BCUT2D eigenvalue weighted by atomic mass is 10.1. The molecule has 0 unspecified atom stereocenters. The van der Waals surface area contributed by atoms with E-state index in [9.17, 15) is 9.59 Å². The van der Waals surface area contributed by atoms with Crippen LogP contribution in [0.5, 0.6) is 0 Å². The van der Waals surface area contributed by atoms with Gasteiger partial charge in [0.2, 0.25) is 0 Å². The molecular weight excluding hydrogens is 304 g/mol. The number of aromatic nitrogens is 1. The van der Waals surface area contributed by atoms with Gasteiger partial charge in [0.1, 0.15) is 5.69 Å². The number of nitrogens with zero attached hydrogens (tertiary/aromatic N) is 2. The van der Waals surface area contributed by atoms with E-state index in [1.165, 1.54) is 0 Å². The summed E-state index contributed by atoms with van der Waals surface area (Å²) in [6.45, 7) is 4.85. The molecule has 2 rings (SSSR count). The van der Waals surface area contributed by atoms with Gasteiger partial charge in [0.15, 0.2) is 6.29 Å². The predicted octanol–water partition coefficient (Wildman–Crippen LogP) is 4.32. The van der Waals surface area contributed by atoms with Crippen LogP contribution in [0.25, 0.3) is 11.3 Å². The lowest BCUT2D eigenvalue weighted by Crippen LogP contribution is -2.32. The molecule has 0 N–H and O–H groups in total. The fourth-order valence-electron chi connectivity index (χ4n) is 2.33. The van der Waals surface area contributed by atoms with Crippen LogP contribution in [0.4, 0.5) is 10.5 Å². The zero-order valence-corrected chi connectivity index (χ0v) is 14.1. The highest BCUT2D eigenvalue weighted by molar-refractivity contribution is 5.88. The molecule has 0 aliphatic heterocycles. The van der Waals surface area contributed by atoms with E-state index >= 15 is 0 Å². The average molecular weight is 326 g/mol. The fourth-order valence-corrected chi connectivity index (χ4v) is 2.33. The minimum absolute atomic E-state index is 0.334. The number of carbonyl (C=O) groups excluding carboxylic acids is 2. The molecule has 1 heterocycles. The van der Waals surface area contributed by atoms with Crippen molar-refractivity contribution in [3.63, 3.8) is 0 Å². The number of ether oxygens (including phenoxy) is 1. The number of unbranched alkanes of at least 4 members (excludes halogenated alkanes) is 1. The number of hydrogen-bond donors (Lipinski definition) is 0. The van der Waals surface area contributed by atoms with Gasteiger partial charge in [0, 0.05) is 17.8 Å². The first-order chi connectivity index (χ1) is 11.7. The van der Waals surface area contributed by atoms with Gasteiger partial charge in [-0.05, 0) is 37.6 Å². The van der Waals surface area contributed by atoms with Crippen molar-refractivity contribution >= 4 is 18.1 Å². The molecule has 5 nitrogen and oxygen atoms in total. The lowest BCUT2D eigenvalue weighted by Gasteiger charge is -2.22. The molecule has 0 bridgehead atoms. The maximum Gasteiger partial charge on any atom is 0.414 e. The Kier molecular flexibility index (Phi) is 6.49. The SMILES string of the molecule is CCCCN(C(=O)OCC)c1ccc(-c2cccc(C=O)n2)cc1. The molecule has 1 aromatic heterocycles. The molecule has 1 aromatic carbocycles. The molecule has 0 radical (unpaired) electrons. The third kappa shape index (κ3) is 4.41. The topological polar surface area (TPSA) is 59.5 Å². The summed E-state index contributed by atoms with van der Waals surface area (Å²) in [5.41, 5.74) is 2.80.